The van der Waals surface area contributed by atoms with Crippen LogP contribution in [0.25, 0.3) is 0 Å². The van der Waals surface area contributed by atoms with E-state index >= 15 is 0 Å². The molecule has 0 aliphatic carbocycles. The third-order valence-electron chi connectivity index (χ3n) is 2.76. The van der Waals surface area contributed by atoms with Gasteiger partial charge >= 0.3 is 5.97 Å². The summed E-state index contributed by atoms with van der Waals surface area (Å²) in [5, 5.41) is 8.84. The fourth-order valence-electron chi connectivity index (χ4n) is 1.92. The molecule has 1 saturated heterocycles. The number of nitrogens with one attached hydrogen (secondary N) is 1. The van der Waals surface area contributed by atoms with E-state index in [0.29, 0.717) is 18.1 Å². The summed E-state index contributed by atoms with van der Waals surface area (Å²) < 4.78 is 26.0. The summed E-state index contributed by atoms with van der Waals surface area (Å²) in [6, 6.07) is 1.01. The van der Waals surface area contributed by atoms with Gasteiger partial charge in [-0.15, -0.1) is 0 Å². The number of carboxylic acid groups (broad SMARTS) is 1. The Hall–Kier alpha value is -0.990. The van der Waals surface area contributed by atoms with Crippen LogP contribution >= 0.6 is 11.8 Å². The van der Waals surface area contributed by atoms with Crippen LogP contribution in [0.3, 0.4) is 0 Å². The van der Waals surface area contributed by atoms with Crippen LogP contribution in [0, 0.1) is 0 Å². The average molecular weight is 290 g/mol. The molecule has 1 unspecified atom stereocenters. The van der Waals surface area contributed by atoms with Crippen molar-refractivity contribution in [2.45, 2.75) is 17.4 Å². The molecule has 2 N–H and O–H groups in total. The molecule has 1 aromatic heterocycles. The molecule has 2 heterocycles. The topological polar surface area (TPSA) is 90.5 Å². The van der Waals surface area contributed by atoms with Gasteiger partial charge in [0, 0.05) is 36.5 Å². The van der Waals surface area contributed by atoms with Crippen LogP contribution in [-0.4, -0.2) is 52.9 Å². The number of H-pyrrole nitrogens is 1. The van der Waals surface area contributed by atoms with Gasteiger partial charge < -0.3 is 10.1 Å². The summed E-state index contributed by atoms with van der Waals surface area (Å²) in [7, 11) is -3.59. The lowest BCUT2D eigenvalue weighted by atomic mass is 10.2. The SMILES string of the molecule is O=C(O)CC1CSCCN1S(=O)(=O)c1cc[nH]c1. The first-order valence-corrected chi connectivity index (χ1v) is 8.05. The zero-order valence-corrected chi connectivity index (χ0v) is 11.2. The van der Waals surface area contributed by atoms with E-state index in [2.05, 4.69) is 4.98 Å². The molecule has 18 heavy (non-hydrogen) atoms. The number of sulfonamides is 1. The quantitative estimate of drug-likeness (QED) is 0.847. The van der Waals surface area contributed by atoms with Crippen molar-refractivity contribution in [3.8, 4) is 0 Å². The molecule has 1 aromatic rings. The Balaban J connectivity index is 2.26. The number of aromatic nitrogens is 1. The molecule has 2 rings (SSSR count). The predicted molar refractivity (Wildman–Crippen MR) is 68.1 cm³/mol. The van der Waals surface area contributed by atoms with Crippen molar-refractivity contribution in [1.82, 2.24) is 9.29 Å². The Labute approximate surface area is 109 Å². The first-order valence-electron chi connectivity index (χ1n) is 5.46. The van der Waals surface area contributed by atoms with Gasteiger partial charge in [0.05, 0.1) is 11.3 Å². The minimum atomic E-state index is -3.59. The molecule has 0 bridgehead atoms. The second-order valence-electron chi connectivity index (χ2n) is 3.99. The monoisotopic (exact) mass is 290 g/mol. The first kappa shape index (κ1) is 13.4. The molecule has 0 saturated carbocycles. The fourth-order valence-corrected chi connectivity index (χ4v) is 4.80. The summed E-state index contributed by atoms with van der Waals surface area (Å²) >= 11 is 1.58. The van der Waals surface area contributed by atoms with Crippen molar-refractivity contribution >= 4 is 27.8 Å². The highest BCUT2D eigenvalue weighted by atomic mass is 32.2. The van der Waals surface area contributed by atoms with E-state index in [1.165, 1.54) is 22.8 Å². The molecular weight excluding hydrogens is 276 g/mol. The molecule has 100 valence electrons. The molecule has 1 atom stereocenters. The van der Waals surface area contributed by atoms with Crippen LogP contribution in [0.1, 0.15) is 6.42 Å². The van der Waals surface area contributed by atoms with Gasteiger partial charge in [-0.25, -0.2) is 8.42 Å². The normalized spacial score (nSPS) is 21.9. The summed E-state index contributed by atoms with van der Waals surface area (Å²) in [6.45, 7) is 0.357. The number of thioether (sulfide) groups is 1. The van der Waals surface area contributed by atoms with Gasteiger partial charge in [0.1, 0.15) is 0 Å². The maximum atomic E-state index is 12.3. The Kier molecular flexibility index (Phi) is 3.98. The Morgan fingerprint density at radius 3 is 3.00 bits per heavy atom. The van der Waals surface area contributed by atoms with Crippen molar-refractivity contribution < 1.29 is 18.3 Å². The molecule has 0 spiro atoms. The van der Waals surface area contributed by atoms with E-state index in [4.69, 9.17) is 5.11 Å². The molecule has 6 nitrogen and oxygen atoms in total. The molecule has 8 heteroatoms. The number of carbonyl (C=O) groups is 1. The van der Waals surface area contributed by atoms with Gasteiger partial charge in [0.2, 0.25) is 10.0 Å². The number of nitrogens with zero attached hydrogens (tertiary/aromatic N) is 1. The summed E-state index contributed by atoms with van der Waals surface area (Å²) in [5.41, 5.74) is 0. The van der Waals surface area contributed by atoms with Crippen LogP contribution in [0.4, 0.5) is 0 Å². The van der Waals surface area contributed by atoms with E-state index in [0.717, 1.165) is 0 Å². The molecule has 0 aromatic carbocycles. The van der Waals surface area contributed by atoms with Crippen molar-refractivity contribution in [3.63, 3.8) is 0 Å². The van der Waals surface area contributed by atoms with Gasteiger partial charge in [-0.3, -0.25) is 4.79 Å². The molecule has 0 amide bonds. The first-order chi connectivity index (χ1) is 8.51. The van der Waals surface area contributed by atoms with E-state index in [1.807, 2.05) is 0 Å². The maximum Gasteiger partial charge on any atom is 0.305 e. The minimum Gasteiger partial charge on any atom is -0.481 e. The van der Waals surface area contributed by atoms with Crippen LogP contribution < -0.4 is 0 Å². The largest absolute Gasteiger partial charge is 0.481 e. The second kappa shape index (κ2) is 5.33. The van der Waals surface area contributed by atoms with Gasteiger partial charge in [0.15, 0.2) is 0 Å². The number of hydrogen-bond acceptors (Lipinski definition) is 4. The zero-order valence-electron chi connectivity index (χ0n) is 9.57. The minimum absolute atomic E-state index is 0.156. The smallest absolute Gasteiger partial charge is 0.305 e. The van der Waals surface area contributed by atoms with Crippen LogP contribution in [0.5, 0.6) is 0 Å². The highest BCUT2D eigenvalue weighted by Crippen LogP contribution is 2.26. The van der Waals surface area contributed by atoms with E-state index in [9.17, 15) is 13.2 Å². The number of carboxylic acids is 1. The maximum absolute atomic E-state index is 12.3. The lowest BCUT2D eigenvalue weighted by molar-refractivity contribution is -0.137. The summed E-state index contributed by atoms with van der Waals surface area (Å²) in [4.78, 5) is 13.7. The van der Waals surface area contributed by atoms with Crippen molar-refractivity contribution in [2.24, 2.45) is 0 Å². The molecule has 1 aliphatic rings. The molecule has 1 fully saturated rings. The van der Waals surface area contributed by atoms with Gasteiger partial charge in [-0.2, -0.15) is 16.1 Å². The lowest BCUT2D eigenvalue weighted by Crippen LogP contribution is -2.46. The van der Waals surface area contributed by atoms with Crippen molar-refractivity contribution in [2.75, 3.05) is 18.1 Å². The molecule has 1 aliphatic heterocycles. The number of rotatable bonds is 4. The molecular formula is C10H14N2O4S2. The Bertz CT molecular complexity index is 512. The lowest BCUT2D eigenvalue weighted by Gasteiger charge is -2.33. The van der Waals surface area contributed by atoms with Crippen molar-refractivity contribution in [1.29, 1.82) is 0 Å². The van der Waals surface area contributed by atoms with Crippen molar-refractivity contribution in [3.05, 3.63) is 18.5 Å². The summed E-state index contributed by atoms with van der Waals surface area (Å²) in [5.74, 6) is 0.243. The predicted octanol–water partition coefficient (Wildman–Crippen LogP) is 0.595. The second-order valence-corrected chi connectivity index (χ2v) is 7.03. The standard InChI is InChI=1S/C10H14N2O4S2/c13-10(14)5-8-7-17-4-3-12(8)18(15,16)9-1-2-11-6-9/h1-2,6,8,11H,3-5,7H2,(H,13,14). The van der Waals surface area contributed by atoms with Gasteiger partial charge in [-0.1, -0.05) is 0 Å². The van der Waals surface area contributed by atoms with E-state index < -0.39 is 22.0 Å². The number of aliphatic carboxylic acids is 1. The van der Waals surface area contributed by atoms with E-state index in [-0.39, 0.29) is 11.3 Å². The summed E-state index contributed by atoms with van der Waals surface area (Å²) in [6.07, 6.45) is 2.79. The van der Waals surface area contributed by atoms with Crippen LogP contribution in [0.2, 0.25) is 0 Å². The third kappa shape index (κ3) is 2.70. The third-order valence-corrected chi connectivity index (χ3v) is 5.80. The van der Waals surface area contributed by atoms with Crippen LogP contribution in [-0.2, 0) is 14.8 Å². The Morgan fingerprint density at radius 2 is 2.39 bits per heavy atom. The average Bonchev–Trinajstić information content (AvgIpc) is 2.82. The zero-order chi connectivity index (χ0) is 13.2. The number of hydrogen-bond donors (Lipinski definition) is 2. The van der Waals surface area contributed by atoms with Crippen LogP contribution in [0.15, 0.2) is 23.4 Å². The highest BCUT2D eigenvalue weighted by Gasteiger charge is 2.35. The Morgan fingerprint density at radius 1 is 1.61 bits per heavy atom. The number of aromatic amines is 1. The fraction of sp³-hybridized carbons (Fsp3) is 0.500. The highest BCUT2D eigenvalue weighted by molar-refractivity contribution is 7.99. The van der Waals surface area contributed by atoms with Gasteiger partial charge in [0.25, 0.3) is 0 Å². The van der Waals surface area contributed by atoms with Gasteiger partial charge in [-0.05, 0) is 6.07 Å². The van der Waals surface area contributed by atoms with E-state index in [1.54, 1.807) is 11.8 Å². The molecule has 0 radical (unpaired) electrons.